The van der Waals surface area contributed by atoms with E-state index >= 15 is 0 Å². The molecule has 5 heteroatoms. The molecule has 0 amide bonds. The summed E-state index contributed by atoms with van der Waals surface area (Å²) >= 11 is 3.39. The molecule has 2 N–H and O–H groups in total. The van der Waals surface area contributed by atoms with Crippen molar-refractivity contribution < 1.29 is 4.74 Å². The Kier molecular flexibility index (Phi) is 3.52. The third-order valence-electron chi connectivity index (χ3n) is 2.95. The normalized spacial score (nSPS) is 10.7. The molecule has 0 aliphatic carbocycles. The maximum atomic E-state index is 5.87. The minimum absolute atomic E-state index is 0.240. The predicted molar refractivity (Wildman–Crippen MR) is 82.4 cm³/mol. The van der Waals surface area contributed by atoms with E-state index < -0.39 is 0 Å². The zero-order valence-electron chi connectivity index (χ0n) is 10.6. The first-order valence-corrected chi connectivity index (χ1v) is 6.91. The van der Waals surface area contributed by atoms with Crippen LogP contribution in [0.3, 0.4) is 0 Å². The van der Waals surface area contributed by atoms with E-state index in [1.165, 1.54) is 0 Å². The van der Waals surface area contributed by atoms with Crippen molar-refractivity contribution in [2.24, 2.45) is 0 Å². The first kappa shape index (κ1) is 12.9. The first-order chi connectivity index (χ1) is 9.74. The summed E-state index contributed by atoms with van der Waals surface area (Å²) in [4.78, 5) is 8.07. The Balaban J connectivity index is 1.89. The van der Waals surface area contributed by atoms with Crippen molar-refractivity contribution in [3.63, 3.8) is 0 Å². The molecular weight excluding hydrogens is 318 g/mol. The van der Waals surface area contributed by atoms with E-state index in [1.807, 2.05) is 30.3 Å². The van der Waals surface area contributed by atoms with Crippen LogP contribution < -0.4 is 10.5 Å². The number of fused-ring (bicyclic) bond motifs is 1. The van der Waals surface area contributed by atoms with Crippen LogP contribution in [-0.2, 0) is 6.61 Å². The third-order valence-corrected chi connectivity index (χ3v) is 3.61. The van der Waals surface area contributed by atoms with Crippen LogP contribution in [0.2, 0.25) is 0 Å². The minimum atomic E-state index is 0.240. The van der Waals surface area contributed by atoms with Crippen LogP contribution >= 0.6 is 15.9 Å². The lowest BCUT2D eigenvalue weighted by molar-refractivity contribution is 0.304. The monoisotopic (exact) mass is 329 g/mol. The van der Waals surface area contributed by atoms with Gasteiger partial charge in [-0.25, -0.2) is 9.97 Å². The van der Waals surface area contributed by atoms with Crippen LogP contribution in [0.1, 0.15) is 5.69 Å². The van der Waals surface area contributed by atoms with Gasteiger partial charge >= 0.3 is 0 Å². The Hall–Kier alpha value is -2.14. The van der Waals surface area contributed by atoms with Gasteiger partial charge in [0.1, 0.15) is 12.4 Å². The van der Waals surface area contributed by atoms with Gasteiger partial charge in [-0.3, -0.25) is 0 Å². The lowest BCUT2D eigenvalue weighted by Crippen LogP contribution is -2.04. The summed E-state index contributed by atoms with van der Waals surface area (Å²) in [5.41, 5.74) is 6.32. The maximum absolute atomic E-state index is 5.87. The molecule has 0 aliphatic rings. The fraction of sp³-hybridized carbons (Fsp3) is 0.0667. The minimum Gasteiger partial charge on any atom is -0.487 e. The Morgan fingerprint density at radius 3 is 2.80 bits per heavy atom. The quantitative estimate of drug-likeness (QED) is 0.798. The fourth-order valence-corrected chi connectivity index (χ4v) is 2.29. The van der Waals surface area contributed by atoms with Crippen molar-refractivity contribution in [2.75, 3.05) is 5.73 Å². The lowest BCUT2D eigenvalue weighted by Gasteiger charge is -2.10. The van der Waals surface area contributed by atoms with Crippen LogP contribution in [0, 0.1) is 0 Å². The highest BCUT2D eigenvalue weighted by molar-refractivity contribution is 9.10. The first-order valence-electron chi connectivity index (χ1n) is 6.11. The molecule has 0 spiro atoms. The van der Waals surface area contributed by atoms with Gasteiger partial charge in [0.15, 0.2) is 0 Å². The second-order valence-electron chi connectivity index (χ2n) is 4.29. The van der Waals surface area contributed by atoms with Gasteiger partial charge in [0, 0.05) is 11.6 Å². The number of ether oxygens (including phenoxy) is 1. The molecule has 0 atom stereocenters. The highest BCUT2D eigenvalue weighted by Crippen LogP contribution is 2.26. The number of nitrogens with zero attached hydrogens (tertiary/aromatic N) is 2. The number of aromatic nitrogens is 2. The van der Waals surface area contributed by atoms with Crippen molar-refractivity contribution in [3.05, 3.63) is 58.8 Å². The van der Waals surface area contributed by atoms with Crippen LogP contribution in [0.15, 0.2) is 53.1 Å². The molecule has 0 bridgehead atoms. The predicted octanol–water partition coefficient (Wildman–Crippen LogP) is 3.55. The maximum Gasteiger partial charge on any atom is 0.220 e. The Bertz CT molecular complexity index is 756. The number of halogens is 1. The van der Waals surface area contributed by atoms with Crippen LogP contribution in [0.25, 0.3) is 10.8 Å². The van der Waals surface area contributed by atoms with Crippen molar-refractivity contribution in [1.82, 2.24) is 9.97 Å². The largest absolute Gasteiger partial charge is 0.487 e. The lowest BCUT2D eigenvalue weighted by atomic mass is 10.1. The molecular formula is C15H12BrN3O. The summed E-state index contributed by atoms with van der Waals surface area (Å²) in [6.45, 7) is 0.335. The van der Waals surface area contributed by atoms with Gasteiger partial charge < -0.3 is 10.5 Å². The SMILES string of the molecule is Nc1ncc(Br)c(COc2cccc3ccccc23)n1. The molecule has 3 aromatic rings. The smallest absolute Gasteiger partial charge is 0.220 e. The fourth-order valence-electron chi connectivity index (χ4n) is 1.99. The summed E-state index contributed by atoms with van der Waals surface area (Å²) < 4.78 is 6.65. The molecule has 0 aliphatic heterocycles. The third kappa shape index (κ3) is 2.58. The molecule has 0 fully saturated rings. The van der Waals surface area contributed by atoms with Gasteiger partial charge in [0.2, 0.25) is 5.95 Å². The summed E-state index contributed by atoms with van der Waals surface area (Å²) in [7, 11) is 0. The van der Waals surface area contributed by atoms with Gasteiger partial charge in [-0.2, -0.15) is 0 Å². The number of anilines is 1. The molecule has 100 valence electrons. The van der Waals surface area contributed by atoms with Crippen LogP contribution in [-0.4, -0.2) is 9.97 Å². The number of nitrogen functional groups attached to an aromatic ring is 1. The highest BCUT2D eigenvalue weighted by Gasteiger charge is 2.06. The Morgan fingerprint density at radius 1 is 1.10 bits per heavy atom. The van der Waals surface area contributed by atoms with Gasteiger partial charge in [-0.15, -0.1) is 0 Å². The number of hydrogen-bond donors (Lipinski definition) is 1. The van der Waals surface area contributed by atoms with E-state index in [0.29, 0.717) is 6.61 Å². The van der Waals surface area contributed by atoms with Crippen LogP contribution in [0.4, 0.5) is 5.95 Å². The van der Waals surface area contributed by atoms with E-state index in [1.54, 1.807) is 6.20 Å². The summed E-state index contributed by atoms with van der Waals surface area (Å²) in [6.07, 6.45) is 1.63. The topological polar surface area (TPSA) is 61.0 Å². The molecule has 2 aromatic carbocycles. The highest BCUT2D eigenvalue weighted by atomic mass is 79.9. The van der Waals surface area contributed by atoms with E-state index in [0.717, 1.165) is 26.7 Å². The second-order valence-corrected chi connectivity index (χ2v) is 5.14. The zero-order valence-corrected chi connectivity index (χ0v) is 12.2. The molecule has 0 saturated heterocycles. The molecule has 20 heavy (non-hydrogen) atoms. The Morgan fingerprint density at radius 2 is 1.90 bits per heavy atom. The van der Waals surface area contributed by atoms with Crippen LogP contribution in [0.5, 0.6) is 5.75 Å². The second kappa shape index (κ2) is 5.46. The Labute approximate surface area is 124 Å². The molecule has 0 saturated carbocycles. The number of rotatable bonds is 3. The van der Waals surface area contributed by atoms with E-state index in [4.69, 9.17) is 10.5 Å². The zero-order chi connectivity index (χ0) is 13.9. The molecule has 1 heterocycles. The van der Waals surface area contributed by atoms with Gasteiger partial charge in [-0.1, -0.05) is 36.4 Å². The average molecular weight is 330 g/mol. The van der Waals surface area contributed by atoms with Crippen molar-refractivity contribution >= 4 is 32.7 Å². The van der Waals surface area contributed by atoms with E-state index in [-0.39, 0.29) is 5.95 Å². The molecule has 1 aromatic heterocycles. The summed E-state index contributed by atoms with van der Waals surface area (Å²) in [6, 6.07) is 14.1. The number of hydrogen-bond acceptors (Lipinski definition) is 4. The van der Waals surface area contributed by atoms with Gasteiger partial charge in [-0.05, 0) is 27.4 Å². The van der Waals surface area contributed by atoms with E-state index in [9.17, 15) is 0 Å². The van der Waals surface area contributed by atoms with Crippen molar-refractivity contribution in [1.29, 1.82) is 0 Å². The summed E-state index contributed by atoms with van der Waals surface area (Å²) in [5.74, 6) is 1.07. The molecule has 3 rings (SSSR count). The van der Waals surface area contributed by atoms with Crippen molar-refractivity contribution in [2.45, 2.75) is 6.61 Å². The van der Waals surface area contributed by atoms with Gasteiger partial charge in [0.25, 0.3) is 0 Å². The standard InChI is InChI=1S/C15H12BrN3O/c16-12-8-18-15(17)19-13(12)9-20-14-7-3-5-10-4-1-2-6-11(10)14/h1-8H,9H2,(H2,17,18,19). The number of nitrogens with two attached hydrogens (primary N) is 1. The van der Waals surface area contributed by atoms with Gasteiger partial charge in [0.05, 0.1) is 10.2 Å². The van der Waals surface area contributed by atoms with Crippen molar-refractivity contribution in [3.8, 4) is 5.75 Å². The summed E-state index contributed by atoms with van der Waals surface area (Å²) in [5, 5.41) is 2.22. The average Bonchev–Trinajstić information content (AvgIpc) is 2.48. The molecule has 0 radical (unpaired) electrons. The molecule has 0 unspecified atom stereocenters. The number of benzene rings is 2. The molecule has 4 nitrogen and oxygen atoms in total. The van der Waals surface area contributed by atoms with E-state index in [2.05, 4.69) is 38.0 Å².